The van der Waals surface area contributed by atoms with Crippen LogP contribution in [0.15, 0.2) is 48.5 Å². The molecule has 3 aromatic rings. The third-order valence-electron chi connectivity index (χ3n) is 3.14. The highest BCUT2D eigenvalue weighted by Crippen LogP contribution is 2.29. The van der Waals surface area contributed by atoms with Crippen molar-refractivity contribution in [3.63, 3.8) is 0 Å². The summed E-state index contributed by atoms with van der Waals surface area (Å²) in [5.41, 5.74) is 10.3. The Balaban J connectivity index is 2.08. The second-order valence-corrected chi connectivity index (χ2v) is 5.12. The van der Waals surface area contributed by atoms with E-state index in [0.29, 0.717) is 10.7 Å². The van der Waals surface area contributed by atoms with E-state index < -0.39 is 0 Å². The lowest BCUT2D eigenvalue weighted by atomic mass is 10.1. The first-order valence-electron chi connectivity index (χ1n) is 6.32. The van der Waals surface area contributed by atoms with Gasteiger partial charge in [0, 0.05) is 16.1 Å². The molecule has 0 radical (unpaired) electrons. The van der Waals surface area contributed by atoms with E-state index in [2.05, 4.69) is 16.4 Å². The third kappa shape index (κ3) is 2.40. The normalized spacial score (nSPS) is 10.7. The molecule has 1 aromatic heterocycles. The van der Waals surface area contributed by atoms with Gasteiger partial charge in [-0.15, -0.1) is 0 Å². The first-order valence-corrected chi connectivity index (χ1v) is 6.70. The zero-order valence-electron chi connectivity index (χ0n) is 11.0. The van der Waals surface area contributed by atoms with Crippen molar-refractivity contribution in [2.75, 3.05) is 11.1 Å². The highest BCUT2D eigenvalue weighted by atomic mass is 35.5. The standard InChI is InChI=1S/C16H14ClN3/c1-10-5-6-11-3-2-4-15(16(11)19-10)20-14-8-7-12(17)9-13(14)18/h2-9,20H,18H2,1H3. The van der Waals surface area contributed by atoms with Crippen LogP contribution in [0, 0.1) is 6.92 Å². The largest absolute Gasteiger partial charge is 0.397 e. The van der Waals surface area contributed by atoms with E-state index in [4.69, 9.17) is 17.3 Å². The van der Waals surface area contributed by atoms with Crippen molar-refractivity contribution in [2.45, 2.75) is 6.92 Å². The lowest BCUT2D eigenvalue weighted by Crippen LogP contribution is -1.98. The third-order valence-corrected chi connectivity index (χ3v) is 3.38. The molecule has 0 spiro atoms. The molecule has 0 atom stereocenters. The molecule has 2 aromatic carbocycles. The van der Waals surface area contributed by atoms with Gasteiger partial charge in [-0.25, -0.2) is 0 Å². The number of nitrogens with zero attached hydrogens (tertiary/aromatic N) is 1. The number of hydrogen-bond acceptors (Lipinski definition) is 3. The molecule has 0 aliphatic carbocycles. The molecular weight excluding hydrogens is 270 g/mol. The lowest BCUT2D eigenvalue weighted by molar-refractivity contribution is 1.25. The molecule has 0 bridgehead atoms. The number of pyridine rings is 1. The molecule has 3 rings (SSSR count). The number of halogens is 1. The monoisotopic (exact) mass is 283 g/mol. The van der Waals surface area contributed by atoms with E-state index in [1.54, 1.807) is 6.07 Å². The maximum absolute atomic E-state index is 5.98. The molecule has 0 amide bonds. The van der Waals surface area contributed by atoms with Crippen LogP contribution < -0.4 is 11.1 Å². The van der Waals surface area contributed by atoms with Crippen LogP contribution in [0.4, 0.5) is 17.1 Å². The minimum atomic E-state index is 0.613. The number of aromatic nitrogens is 1. The second-order valence-electron chi connectivity index (χ2n) is 4.69. The number of nitrogens with two attached hydrogens (primary N) is 1. The van der Waals surface area contributed by atoms with Crippen LogP contribution in [-0.2, 0) is 0 Å². The molecule has 3 N–H and O–H groups in total. The van der Waals surface area contributed by atoms with Crippen LogP contribution in [0.25, 0.3) is 10.9 Å². The minimum Gasteiger partial charge on any atom is -0.397 e. The predicted molar refractivity (Wildman–Crippen MR) is 85.6 cm³/mol. The van der Waals surface area contributed by atoms with Crippen LogP contribution in [0.2, 0.25) is 5.02 Å². The van der Waals surface area contributed by atoms with Gasteiger partial charge in [-0.3, -0.25) is 4.98 Å². The summed E-state index contributed by atoms with van der Waals surface area (Å²) in [4.78, 5) is 4.59. The zero-order valence-corrected chi connectivity index (χ0v) is 11.8. The number of rotatable bonds is 2. The van der Waals surface area contributed by atoms with Gasteiger partial charge in [0.05, 0.1) is 22.6 Å². The number of benzene rings is 2. The summed E-state index contributed by atoms with van der Waals surface area (Å²) >= 11 is 5.92. The summed E-state index contributed by atoms with van der Waals surface area (Å²) in [7, 11) is 0. The van der Waals surface area contributed by atoms with E-state index in [0.717, 1.165) is 28.0 Å². The average Bonchev–Trinajstić information content (AvgIpc) is 2.42. The zero-order chi connectivity index (χ0) is 14.1. The average molecular weight is 284 g/mol. The molecule has 0 aliphatic rings. The van der Waals surface area contributed by atoms with E-state index >= 15 is 0 Å². The fraction of sp³-hybridized carbons (Fsp3) is 0.0625. The molecule has 100 valence electrons. The highest BCUT2D eigenvalue weighted by Gasteiger charge is 2.05. The SMILES string of the molecule is Cc1ccc2cccc(Nc3ccc(Cl)cc3N)c2n1. The van der Waals surface area contributed by atoms with Gasteiger partial charge in [-0.2, -0.15) is 0 Å². The Labute approximate surface area is 122 Å². The molecule has 0 unspecified atom stereocenters. The Morgan fingerprint density at radius 1 is 1.05 bits per heavy atom. The van der Waals surface area contributed by atoms with Crippen LogP contribution in [-0.4, -0.2) is 4.98 Å². The number of fused-ring (bicyclic) bond motifs is 1. The van der Waals surface area contributed by atoms with E-state index in [1.807, 2.05) is 43.3 Å². The summed E-state index contributed by atoms with van der Waals surface area (Å²) in [6, 6.07) is 15.5. The summed E-state index contributed by atoms with van der Waals surface area (Å²) in [5, 5.41) is 5.04. The van der Waals surface area contributed by atoms with Crippen molar-refractivity contribution in [3.8, 4) is 0 Å². The molecular formula is C16H14ClN3. The maximum atomic E-state index is 5.98. The molecule has 0 aliphatic heterocycles. The van der Waals surface area contributed by atoms with E-state index in [-0.39, 0.29) is 0 Å². The van der Waals surface area contributed by atoms with Gasteiger partial charge in [0.15, 0.2) is 0 Å². The number of hydrogen-bond donors (Lipinski definition) is 2. The molecule has 4 heteroatoms. The van der Waals surface area contributed by atoms with Crippen LogP contribution in [0.5, 0.6) is 0 Å². The summed E-state index contributed by atoms with van der Waals surface area (Å²) in [6.45, 7) is 1.98. The predicted octanol–water partition coefficient (Wildman–Crippen LogP) is 4.52. The van der Waals surface area contributed by atoms with Gasteiger partial charge in [-0.1, -0.05) is 29.8 Å². The molecule has 0 fully saturated rings. The van der Waals surface area contributed by atoms with Gasteiger partial charge < -0.3 is 11.1 Å². The van der Waals surface area contributed by atoms with E-state index in [9.17, 15) is 0 Å². The molecule has 20 heavy (non-hydrogen) atoms. The minimum absolute atomic E-state index is 0.613. The highest BCUT2D eigenvalue weighted by molar-refractivity contribution is 6.31. The first-order chi connectivity index (χ1) is 9.63. The van der Waals surface area contributed by atoms with Crippen LogP contribution in [0.1, 0.15) is 5.69 Å². The van der Waals surface area contributed by atoms with Gasteiger partial charge in [0.1, 0.15) is 0 Å². The Kier molecular flexibility index (Phi) is 3.20. The van der Waals surface area contributed by atoms with Gasteiger partial charge >= 0.3 is 0 Å². The van der Waals surface area contributed by atoms with Gasteiger partial charge in [0.25, 0.3) is 0 Å². The van der Waals surface area contributed by atoms with E-state index in [1.165, 1.54) is 0 Å². The fourth-order valence-corrected chi connectivity index (χ4v) is 2.32. The van der Waals surface area contributed by atoms with Crippen molar-refractivity contribution >= 4 is 39.6 Å². The topological polar surface area (TPSA) is 50.9 Å². The fourth-order valence-electron chi connectivity index (χ4n) is 2.14. The van der Waals surface area contributed by atoms with Gasteiger partial charge in [-0.05, 0) is 37.3 Å². The van der Waals surface area contributed by atoms with Crippen molar-refractivity contribution in [1.29, 1.82) is 0 Å². The smallest absolute Gasteiger partial charge is 0.0939 e. The number of anilines is 3. The van der Waals surface area contributed by atoms with Crippen molar-refractivity contribution in [1.82, 2.24) is 4.98 Å². The number of para-hydroxylation sites is 1. The number of aryl methyl sites for hydroxylation is 1. The number of nitrogen functional groups attached to an aromatic ring is 1. The van der Waals surface area contributed by atoms with Crippen molar-refractivity contribution in [3.05, 3.63) is 59.2 Å². The van der Waals surface area contributed by atoms with Crippen molar-refractivity contribution in [2.24, 2.45) is 0 Å². The summed E-state index contributed by atoms with van der Waals surface area (Å²) in [6.07, 6.45) is 0. The Hall–Kier alpha value is -2.26. The second kappa shape index (κ2) is 5.02. The summed E-state index contributed by atoms with van der Waals surface area (Å²) < 4.78 is 0. The first kappa shape index (κ1) is 12.8. The quantitative estimate of drug-likeness (QED) is 0.680. The molecule has 0 saturated carbocycles. The Morgan fingerprint density at radius 2 is 1.90 bits per heavy atom. The molecule has 0 saturated heterocycles. The molecule has 1 heterocycles. The van der Waals surface area contributed by atoms with Crippen LogP contribution in [0.3, 0.4) is 0 Å². The molecule has 3 nitrogen and oxygen atoms in total. The van der Waals surface area contributed by atoms with Gasteiger partial charge in [0.2, 0.25) is 0 Å². The Morgan fingerprint density at radius 3 is 2.70 bits per heavy atom. The van der Waals surface area contributed by atoms with Crippen molar-refractivity contribution < 1.29 is 0 Å². The maximum Gasteiger partial charge on any atom is 0.0939 e. The lowest BCUT2D eigenvalue weighted by Gasteiger charge is -2.12. The summed E-state index contributed by atoms with van der Waals surface area (Å²) in [5.74, 6) is 0. The van der Waals surface area contributed by atoms with Crippen LogP contribution >= 0.6 is 11.6 Å². The number of nitrogens with one attached hydrogen (secondary N) is 1. The Bertz CT molecular complexity index is 784.